The number of methoxy groups -OCH3 is 4. The maximum absolute atomic E-state index is 14.5. The van der Waals surface area contributed by atoms with Gasteiger partial charge in [0.2, 0.25) is 5.92 Å². The summed E-state index contributed by atoms with van der Waals surface area (Å²) in [4.78, 5) is 24.6. The Morgan fingerprint density at radius 3 is 2.11 bits per heavy atom. The summed E-state index contributed by atoms with van der Waals surface area (Å²) in [7, 11) is 1.62. The van der Waals surface area contributed by atoms with Gasteiger partial charge in [-0.1, -0.05) is 23.7 Å². The number of amides is 1. The van der Waals surface area contributed by atoms with E-state index < -0.39 is 21.9 Å². The minimum absolute atomic E-state index is 0.0114. The van der Waals surface area contributed by atoms with Crippen molar-refractivity contribution in [1.82, 2.24) is 14.3 Å². The molecule has 1 amide bonds. The molecule has 16 heteroatoms. The fourth-order valence-corrected chi connectivity index (χ4v) is 8.01. The lowest BCUT2D eigenvalue weighted by Crippen LogP contribution is -2.31. The van der Waals surface area contributed by atoms with Crippen LogP contribution in [-0.4, -0.2) is 76.0 Å². The van der Waals surface area contributed by atoms with Crippen molar-refractivity contribution >= 4 is 39.0 Å². The summed E-state index contributed by atoms with van der Waals surface area (Å²) in [5.74, 6) is -1.14. The Hall–Kier alpha value is -4.73. The van der Waals surface area contributed by atoms with E-state index in [0.29, 0.717) is 51.4 Å². The van der Waals surface area contributed by atoms with Crippen molar-refractivity contribution in [2.24, 2.45) is 0 Å². The number of halogens is 3. The summed E-state index contributed by atoms with van der Waals surface area (Å²) in [6.07, 6.45) is 2.68. The molecule has 1 saturated carbocycles. The van der Waals surface area contributed by atoms with Gasteiger partial charge in [-0.25, -0.2) is 27.2 Å². The number of carbonyl (C=O) groups excluding carboxylic acids is 1. The van der Waals surface area contributed by atoms with Crippen molar-refractivity contribution in [3.63, 3.8) is 0 Å². The molecular formula is C38H42ClF2N5O7S. The third-order valence-electron chi connectivity index (χ3n) is 9.49. The normalized spacial score (nSPS) is 15.7. The molecule has 3 heterocycles. The fourth-order valence-electron chi connectivity index (χ4n) is 6.35. The molecule has 4 aromatic rings. The first-order chi connectivity index (χ1) is 25.8. The Labute approximate surface area is 318 Å². The number of hydrogen-bond donors (Lipinski definition) is 1. The van der Waals surface area contributed by atoms with Crippen LogP contribution in [0, 0.1) is 0 Å². The van der Waals surface area contributed by atoms with Crippen LogP contribution >= 0.6 is 11.6 Å². The van der Waals surface area contributed by atoms with Crippen LogP contribution in [-0.2, 0) is 23.1 Å². The standard InChI is InChI=1S/C38H42ClF2N5O7S/c1-50-28-10-8-25(32(19-28)52-3)22-46(23-26-9-11-29(51-2)20-33(26)53-4)54(48,49)34-18-27(12-15-42-34)43-37(47)30-21-31(39)35(24-6-7-24)44-36(30)45-16-5-13-38(40,41)14-17-45/h8-12,15,18-21,24H,5-7,13-14,16-17,22-23H2,1-4H3,(H,42,43,47). The molecule has 2 aromatic heterocycles. The number of carbonyl (C=O) groups is 1. The van der Waals surface area contributed by atoms with Crippen LogP contribution in [0.1, 0.15) is 65.2 Å². The van der Waals surface area contributed by atoms with Crippen LogP contribution in [0.5, 0.6) is 23.0 Å². The molecule has 2 aliphatic rings. The molecule has 0 radical (unpaired) electrons. The fraction of sp³-hybridized carbons (Fsp3) is 0.395. The molecule has 0 bridgehead atoms. The number of nitrogens with one attached hydrogen (secondary N) is 1. The predicted octanol–water partition coefficient (Wildman–Crippen LogP) is 7.31. The minimum atomic E-state index is -4.37. The monoisotopic (exact) mass is 785 g/mol. The Bertz CT molecular complexity index is 2060. The molecule has 2 aromatic carbocycles. The molecule has 6 rings (SSSR count). The van der Waals surface area contributed by atoms with Gasteiger partial charge in [-0.15, -0.1) is 0 Å². The second-order valence-electron chi connectivity index (χ2n) is 13.2. The number of aromatic nitrogens is 2. The van der Waals surface area contributed by atoms with E-state index in [9.17, 15) is 22.0 Å². The highest BCUT2D eigenvalue weighted by Crippen LogP contribution is 2.44. The van der Waals surface area contributed by atoms with E-state index in [1.165, 1.54) is 57.1 Å². The first-order valence-electron chi connectivity index (χ1n) is 17.4. The summed E-state index contributed by atoms with van der Waals surface area (Å²) < 4.78 is 80.7. The van der Waals surface area contributed by atoms with Crippen LogP contribution < -0.4 is 29.2 Å². The summed E-state index contributed by atoms with van der Waals surface area (Å²) in [6.45, 7) is 0.0505. The molecule has 1 N–H and O–H groups in total. The summed E-state index contributed by atoms with van der Waals surface area (Å²) in [6, 6.07) is 14.4. The van der Waals surface area contributed by atoms with E-state index in [4.69, 9.17) is 35.5 Å². The van der Waals surface area contributed by atoms with Crippen molar-refractivity contribution < 1.29 is 40.9 Å². The van der Waals surface area contributed by atoms with Crippen molar-refractivity contribution in [1.29, 1.82) is 0 Å². The van der Waals surface area contributed by atoms with Crippen LogP contribution in [0.2, 0.25) is 5.02 Å². The van der Waals surface area contributed by atoms with Crippen LogP contribution in [0.3, 0.4) is 0 Å². The Morgan fingerprint density at radius 2 is 1.54 bits per heavy atom. The van der Waals surface area contributed by atoms with Gasteiger partial charge >= 0.3 is 0 Å². The van der Waals surface area contributed by atoms with Gasteiger partial charge in [0, 0.05) is 86.1 Å². The average Bonchev–Trinajstić information content (AvgIpc) is 4.03. The van der Waals surface area contributed by atoms with Gasteiger partial charge in [0.1, 0.15) is 28.8 Å². The van der Waals surface area contributed by atoms with Gasteiger partial charge in [-0.2, -0.15) is 4.31 Å². The lowest BCUT2D eigenvalue weighted by Gasteiger charge is -2.25. The molecule has 0 atom stereocenters. The van der Waals surface area contributed by atoms with Gasteiger partial charge in [-0.3, -0.25) is 4.79 Å². The molecule has 288 valence electrons. The number of nitrogens with zero attached hydrogens (tertiary/aromatic N) is 4. The number of hydrogen-bond acceptors (Lipinski definition) is 10. The van der Waals surface area contributed by atoms with E-state index in [-0.39, 0.29) is 66.9 Å². The number of pyridine rings is 2. The van der Waals surface area contributed by atoms with E-state index in [1.54, 1.807) is 41.3 Å². The zero-order chi connectivity index (χ0) is 38.6. The molecule has 1 aliphatic carbocycles. The van der Waals surface area contributed by atoms with Crippen LogP contribution in [0.15, 0.2) is 65.8 Å². The maximum atomic E-state index is 14.5. The topological polar surface area (TPSA) is 132 Å². The Kier molecular flexibility index (Phi) is 11.8. The van der Waals surface area contributed by atoms with E-state index in [2.05, 4.69) is 10.3 Å². The van der Waals surface area contributed by atoms with E-state index in [0.717, 1.165) is 12.8 Å². The van der Waals surface area contributed by atoms with Crippen molar-refractivity contribution in [3.05, 3.63) is 88.2 Å². The second kappa shape index (κ2) is 16.3. The number of ether oxygens (including phenoxy) is 4. The average molecular weight is 786 g/mol. The number of alkyl halides is 2. The van der Waals surface area contributed by atoms with Crippen molar-refractivity contribution in [2.45, 2.75) is 62.1 Å². The molecule has 2 fully saturated rings. The highest BCUT2D eigenvalue weighted by atomic mass is 35.5. The third-order valence-corrected chi connectivity index (χ3v) is 11.5. The molecule has 1 aliphatic heterocycles. The minimum Gasteiger partial charge on any atom is -0.497 e. The van der Waals surface area contributed by atoms with E-state index in [1.807, 2.05) is 0 Å². The largest absolute Gasteiger partial charge is 0.497 e. The molecule has 12 nitrogen and oxygen atoms in total. The second-order valence-corrected chi connectivity index (χ2v) is 15.5. The lowest BCUT2D eigenvalue weighted by atomic mass is 10.1. The molecule has 1 saturated heterocycles. The number of benzene rings is 2. The summed E-state index contributed by atoms with van der Waals surface area (Å²) in [5, 5.41) is 2.74. The van der Waals surface area contributed by atoms with Gasteiger partial charge in [0.25, 0.3) is 15.9 Å². The van der Waals surface area contributed by atoms with Gasteiger partial charge < -0.3 is 29.2 Å². The summed E-state index contributed by atoms with van der Waals surface area (Å²) >= 11 is 6.62. The van der Waals surface area contributed by atoms with Crippen LogP contribution in [0.4, 0.5) is 20.3 Å². The smallest absolute Gasteiger partial charge is 0.261 e. The zero-order valence-electron chi connectivity index (χ0n) is 30.4. The highest BCUT2D eigenvalue weighted by molar-refractivity contribution is 7.89. The molecule has 0 spiro atoms. The first kappa shape index (κ1) is 39.0. The Balaban J connectivity index is 1.33. The number of sulfonamides is 1. The van der Waals surface area contributed by atoms with E-state index >= 15 is 0 Å². The summed E-state index contributed by atoms with van der Waals surface area (Å²) in [5.41, 5.74) is 1.97. The number of rotatable bonds is 14. The predicted molar refractivity (Wildman–Crippen MR) is 200 cm³/mol. The van der Waals surface area contributed by atoms with Gasteiger partial charge in [0.15, 0.2) is 5.03 Å². The van der Waals surface area contributed by atoms with Crippen LogP contribution in [0.25, 0.3) is 0 Å². The maximum Gasteiger partial charge on any atom is 0.261 e. The third kappa shape index (κ3) is 8.79. The van der Waals surface area contributed by atoms with Gasteiger partial charge in [-0.05, 0) is 43.5 Å². The quantitative estimate of drug-likeness (QED) is 0.139. The van der Waals surface area contributed by atoms with Crippen molar-refractivity contribution in [3.8, 4) is 23.0 Å². The molecule has 0 unspecified atom stereocenters. The Morgan fingerprint density at radius 1 is 0.907 bits per heavy atom. The molecular weight excluding hydrogens is 744 g/mol. The lowest BCUT2D eigenvalue weighted by molar-refractivity contribution is -0.0102. The zero-order valence-corrected chi connectivity index (χ0v) is 32.0. The SMILES string of the molecule is COc1ccc(CN(Cc2ccc(OC)cc2OC)S(=O)(=O)c2cc(NC(=O)c3cc(Cl)c(C4CC4)nc3N3CCCC(F)(F)CC3)ccn2)c(OC)c1. The highest BCUT2D eigenvalue weighted by Gasteiger charge is 2.35. The number of anilines is 2. The first-order valence-corrected chi connectivity index (χ1v) is 19.2. The molecule has 54 heavy (non-hydrogen) atoms. The van der Waals surface area contributed by atoms with Gasteiger partial charge in [0.05, 0.1) is 44.7 Å². The van der Waals surface area contributed by atoms with Crippen molar-refractivity contribution in [2.75, 3.05) is 51.7 Å².